The van der Waals surface area contributed by atoms with Gasteiger partial charge >= 0.3 is 0 Å². The molecular weight excluding hydrogens is 258 g/mol. The molecule has 3 nitrogen and oxygen atoms in total. The molecule has 2 N–H and O–H groups in total. The van der Waals surface area contributed by atoms with Gasteiger partial charge < -0.3 is 10.6 Å². The van der Waals surface area contributed by atoms with Crippen molar-refractivity contribution in [1.29, 1.82) is 0 Å². The molecule has 0 radical (unpaired) electrons. The first-order chi connectivity index (χ1) is 9.19. The molecule has 0 aliphatic rings. The number of nitrogens with one attached hydrogen (secondary N) is 2. The minimum Gasteiger partial charge on any atom is -0.356 e. The summed E-state index contributed by atoms with van der Waals surface area (Å²) in [5.41, 5.74) is 1.07. The molecular formula is C15H22ClN3. The van der Waals surface area contributed by atoms with Gasteiger partial charge in [0.25, 0.3) is 0 Å². The maximum atomic E-state index is 6.18. The molecule has 1 unspecified atom stereocenters. The third-order valence-corrected chi connectivity index (χ3v) is 3.13. The summed E-state index contributed by atoms with van der Waals surface area (Å²) in [5, 5.41) is 7.37. The fourth-order valence-corrected chi connectivity index (χ4v) is 2.04. The van der Waals surface area contributed by atoms with Crippen LogP contribution in [0.3, 0.4) is 0 Å². The van der Waals surface area contributed by atoms with Crippen LogP contribution in [0, 0.1) is 0 Å². The van der Waals surface area contributed by atoms with Crippen molar-refractivity contribution in [2.24, 2.45) is 4.99 Å². The van der Waals surface area contributed by atoms with Crippen LogP contribution in [0.1, 0.15) is 31.9 Å². The molecule has 1 aromatic carbocycles. The van der Waals surface area contributed by atoms with Crippen molar-refractivity contribution in [2.45, 2.75) is 26.3 Å². The van der Waals surface area contributed by atoms with Crippen molar-refractivity contribution in [1.82, 2.24) is 10.6 Å². The third-order valence-electron chi connectivity index (χ3n) is 2.79. The number of hydrogen-bond donors (Lipinski definition) is 2. The topological polar surface area (TPSA) is 36.4 Å². The minimum absolute atomic E-state index is 0.113. The predicted octanol–water partition coefficient (Wildman–Crippen LogP) is 3.53. The fraction of sp³-hybridized carbons (Fsp3) is 0.400. The van der Waals surface area contributed by atoms with Crippen LogP contribution in [-0.4, -0.2) is 19.6 Å². The Labute approximate surface area is 120 Å². The lowest BCUT2D eigenvalue weighted by Crippen LogP contribution is -2.39. The van der Waals surface area contributed by atoms with Gasteiger partial charge in [0, 0.05) is 18.6 Å². The van der Waals surface area contributed by atoms with Crippen LogP contribution in [0.15, 0.2) is 41.4 Å². The standard InChI is InChI=1S/C15H22ClN3/c1-4-5-8-11-18-15(17-3)19-12(2)13-9-6-7-10-14(13)16/h4-7,9-10,12H,8,11H2,1-3H3,(H2,17,18,19)/b5-4+. The molecule has 0 aliphatic heterocycles. The Morgan fingerprint density at radius 1 is 1.42 bits per heavy atom. The van der Waals surface area contributed by atoms with Gasteiger partial charge in [0.05, 0.1) is 6.04 Å². The second kappa shape index (κ2) is 8.59. The zero-order valence-electron chi connectivity index (χ0n) is 11.8. The van der Waals surface area contributed by atoms with E-state index in [0.717, 1.165) is 29.5 Å². The Hall–Kier alpha value is -1.48. The number of benzene rings is 1. The predicted molar refractivity (Wildman–Crippen MR) is 83.8 cm³/mol. The van der Waals surface area contributed by atoms with Crippen LogP contribution in [0.2, 0.25) is 5.02 Å². The van der Waals surface area contributed by atoms with E-state index in [0.29, 0.717) is 0 Å². The summed E-state index contributed by atoms with van der Waals surface area (Å²) in [6.07, 6.45) is 5.15. The summed E-state index contributed by atoms with van der Waals surface area (Å²) in [5.74, 6) is 0.789. The van der Waals surface area contributed by atoms with Crippen LogP contribution in [0.5, 0.6) is 0 Å². The average molecular weight is 280 g/mol. The number of guanidine groups is 1. The van der Waals surface area contributed by atoms with Gasteiger partial charge in [-0.2, -0.15) is 0 Å². The Bertz CT molecular complexity index is 441. The highest BCUT2D eigenvalue weighted by molar-refractivity contribution is 6.31. The van der Waals surface area contributed by atoms with Gasteiger partial charge in [0.1, 0.15) is 0 Å². The number of hydrogen-bond acceptors (Lipinski definition) is 1. The van der Waals surface area contributed by atoms with E-state index in [1.54, 1.807) is 7.05 Å². The lowest BCUT2D eigenvalue weighted by Gasteiger charge is -2.19. The van der Waals surface area contributed by atoms with E-state index >= 15 is 0 Å². The molecule has 1 atom stereocenters. The zero-order chi connectivity index (χ0) is 14.1. The first-order valence-electron chi connectivity index (χ1n) is 6.51. The summed E-state index contributed by atoms with van der Waals surface area (Å²) < 4.78 is 0. The molecule has 0 spiro atoms. The lowest BCUT2D eigenvalue weighted by atomic mass is 10.1. The van der Waals surface area contributed by atoms with Crippen LogP contribution in [-0.2, 0) is 0 Å². The molecule has 0 amide bonds. The molecule has 1 rings (SSSR count). The van der Waals surface area contributed by atoms with Gasteiger partial charge in [-0.15, -0.1) is 0 Å². The van der Waals surface area contributed by atoms with Gasteiger partial charge in [0.2, 0.25) is 0 Å². The second-order valence-electron chi connectivity index (χ2n) is 4.24. The van der Waals surface area contributed by atoms with Gasteiger partial charge in [0.15, 0.2) is 5.96 Å². The first-order valence-corrected chi connectivity index (χ1v) is 6.89. The van der Waals surface area contributed by atoms with E-state index < -0.39 is 0 Å². The molecule has 0 saturated carbocycles. The summed E-state index contributed by atoms with van der Waals surface area (Å²) >= 11 is 6.18. The molecule has 0 fully saturated rings. The van der Waals surface area contributed by atoms with Crippen molar-refractivity contribution in [2.75, 3.05) is 13.6 Å². The van der Waals surface area contributed by atoms with Crippen LogP contribution in [0.4, 0.5) is 0 Å². The molecule has 0 saturated heterocycles. The maximum Gasteiger partial charge on any atom is 0.191 e. The van der Waals surface area contributed by atoms with E-state index in [-0.39, 0.29) is 6.04 Å². The second-order valence-corrected chi connectivity index (χ2v) is 4.65. The van der Waals surface area contributed by atoms with E-state index in [9.17, 15) is 0 Å². The number of halogens is 1. The van der Waals surface area contributed by atoms with Crippen molar-refractivity contribution < 1.29 is 0 Å². The molecule has 4 heteroatoms. The fourth-order valence-electron chi connectivity index (χ4n) is 1.74. The molecule has 0 aromatic heterocycles. The largest absolute Gasteiger partial charge is 0.356 e. The molecule has 1 aromatic rings. The van der Waals surface area contributed by atoms with Crippen molar-refractivity contribution in [3.8, 4) is 0 Å². The van der Waals surface area contributed by atoms with Gasteiger partial charge in [-0.1, -0.05) is 42.0 Å². The van der Waals surface area contributed by atoms with Gasteiger partial charge in [-0.25, -0.2) is 0 Å². The normalized spacial score (nSPS) is 13.6. The molecule has 0 aliphatic carbocycles. The van der Waals surface area contributed by atoms with Gasteiger partial charge in [-0.05, 0) is 31.9 Å². The van der Waals surface area contributed by atoms with Crippen molar-refractivity contribution >= 4 is 17.6 Å². The highest BCUT2D eigenvalue weighted by Gasteiger charge is 2.10. The van der Waals surface area contributed by atoms with Crippen LogP contribution >= 0.6 is 11.6 Å². The summed E-state index contributed by atoms with van der Waals surface area (Å²) in [4.78, 5) is 4.21. The molecule has 0 heterocycles. The Balaban J connectivity index is 2.54. The molecule has 19 heavy (non-hydrogen) atoms. The summed E-state index contributed by atoms with van der Waals surface area (Å²) in [6, 6.07) is 7.95. The Kier molecular flexibility index (Phi) is 7.04. The maximum absolute atomic E-state index is 6.18. The quantitative estimate of drug-likeness (QED) is 0.374. The number of nitrogens with zero attached hydrogens (tertiary/aromatic N) is 1. The summed E-state index contributed by atoms with van der Waals surface area (Å²) in [6.45, 7) is 4.95. The average Bonchev–Trinajstić information content (AvgIpc) is 2.42. The number of rotatable bonds is 5. The zero-order valence-corrected chi connectivity index (χ0v) is 12.5. The minimum atomic E-state index is 0.113. The van der Waals surface area contributed by atoms with Crippen molar-refractivity contribution in [3.63, 3.8) is 0 Å². The molecule has 104 valence electrons. The van der Waals surface area contributed by atoms with E-state index in [1.165, 1.54) is 0 Å². The lowest BCUT2D eigenvalue weighted by molar-refractivity contribution is 0.686. The third kappa shape index (κ3) is 5.35. The van der Waals surface area contributed by atoms with Gasteiger partial charge in [-0.3, -0.25) is 4.99 Å². The Morgan fingerprint density at radius 2 is 2.16 bits per heavy atom. The van der Waals surface area contributed by atoms with E-state index in [1.807, 2.05) is 37.3 Å². The number of aliphatic imine (C=N–C) groups is 1. The summed E-state index contributed by atoms with van der Waals surface area (Å²) in [7, 11) is 1.77. The SMILES string of the molecule is C/C=C/CCNC(=NC)NC(C)c1ccccc1Cl. The van der Waals surface area contributed by atoms with Crippen molar-refractivity contribution in [3.05, 3.63) is 47.0 Å². The van der Waals surface area contributed by atoms with E-state index in [2.05, 4.69) is 28.6 Å². The molecule has 0 bridgehead atoms. The van der Waals surface area contributed by atoms with Crippen LogP contribution in [0.25, 0.3) is 0 Å². The smallest absolute Gasteiger partial charge is 0.191 e. The monoisotopic (exact) mass is 279 g/mol. The van der Waals surface area contributed by atoms with Crippen LogP contribution < -0.4 is 10.6 Å². The highest BCUT2D eigenvalue weighted by atomic mass is 35.5. The Morgan fingerprint density at radius 3 is 2.79 bits per heavy atom. The number of allylic oxidation sites excluding steroid dienone is 1. The van der Waals surface area contributed by atoms with E-state index in [4.69, 9.17) is 11.6 Å². The first kappa shape index (κ1) is 15.6. The highest BCUT2D eigenvalue weighted by Crippen LogP contribution is 2.21.